The third-order valence-corrected chi connectivity index (χ3v) is 1.42. The van der Waals surface area contributed by atoms with Crippen molar-refractivity contribution in [3.8, 4) is 11.8 Å². The molecule has 0 N–H and O–H groups in total. The fourth-order valence-corrected chi connectivity index (χ4v) is 0.830. The predicted molar refractivity (Wildman–Crippen MR) is 43.9 cm³/mol. The van der Waals surface area contributed by atoms with E-state index >= 15 is 0 Å². The lowest BCUT2D eigenvalue weighted by Gasteiger charge is -1.95. The lowest BCUT2D eigenvalue weighted by Crippen LogP contribution is -1.91. The summed E-state index contributed by atoms with van der Waals surface area (Å²) in [6.07, 6.45) is 0. The van der Waals surface area contributed by atoms with E-state index in [0.29, 0.717) is 0 Å². The van der Waals surface area contributed by atoms with Crippen LogP contribution in [0.25, 0.3) is 0 Å². The zero-order chi connectivity index (χ0) is 9.84. The van der Waals surface area contributed by atoms with E-state index in [9.17, 15) is 13.2 Å². The van der Waals surface area contributed by atoms with Crippen molar-refractivity contribution in [2.75, 3.05) is 5.88 Å². The topological polar surface area (TPSA) is 0 Å². The van der Waals surface area contributed by atoms with Gasteiger partial charge in [0.05, 0.1) is 5.88 Å². The first kappa shape index (κ1) is 9.94. The van der Waals surface area contributed by atoms with Gasteiger partial charge in [0.25, 0.3) is 0 Å². The smallest absolute Gasteiger partial charge is 0.194 e. The molecule has 0 fully saturated rings. The van der Waals surface area contributed by atoms with E-state index in [0.717, 1.165) is 12.1 Å². The van der Waals surface area contributed by atoms with E-state index in [1.165, 1.54) is 0 Å². The van der Waals surface area contributed by atoms with Crippen LogP contribution in [0.3, 0.4) is 0 Å². The Bertz CT molecular complexity index is 353. The molecule has 0 aliphatic rings. The number of rotatable bonds is 0. The van der Waals surface area contributed by atoms with Crippen LogP contribution in [0.15, 0.2) is 12.1 Å². The Hall–Kier alpha value is -1.14. The van der Waals surface area contributed by atoms with Crippen molar-refractivity contribution in [1.29, 1.82) is 0 Å². The fourth-order valence-electron chi connectivity index (χ4n) is 0.763. The first-order chi connectivity index (χ1) is 6.15. The third-order valence-electron chi connectivity index (χ3n) is 1.28. The Morgan fingerprint density at radius 1 is 1.15 bits per heavy atom. The van der Waals surface area contributed by atoms with Gasteiger partial charge in [0.15, 0.2) is 17.5 Å². The second-order valence-corrected chi connectivity index (χ2v) is 2.46. The lowest BCUT2D eigenvalue weighted by molar-refractivity contribution is 0.446. The maximum absolute atomic E-state index is 12.6. The number of halogens is 4. The van der Waals surface area contributed by atoms with E-state index in [4.69, 9.17) is 11.6 Å². The molecule has 0 bridgehead atoms. The molecule has 1 rings (SSSR count). The highest BCUT2D eigenvalue weighted by Gasteiger charge is 2.08. The Labute approximate surface area is 78.3 Å². The lowest BCUT2D eigenvalue weighted by atomic mass is 10.2. The molecule has 1 aromatic rings. The minimum Gasteiger partial charge on any atom is -0.204 e. The highest BCUT2D eigenvalue weighted by Crippen LogP contribution is 2.12. The summed E-state index contributed by atoms with van der Waals surface area (Å²) in [5, 5.41) is 0. The van der Waals surface area contributed by atoms with Gasteiger partial charge >= 0.3 is 0 Å². The number of hydrogen-bond donors (Lipinski definition) is 0. The van der Waals surface area contributed by atoms with Crippen LogP contribution < -0.4 is 0 Å². The van der Waals surface area contributed by atoms with Gasteiger partial charge in [-0.1, -0.05) is 11.8 Å². The Morgan fingerprint density at radius 2 is 1.69 bits per heavy atom. The molecule has 1 aromatic carbocycles. The van der Waals surface area contributed by atoms with Crippen LogP contribution in [0, 0.1) is 29.3 Å². The zero-order valence-corrected chi connectivity index (χ0v) is 7.13. The van der Waals surface area contributed by atoms with Crippen molar-refractivity contribution in [3.05, 3.63) is 35.1 Å². The number of benzene rings is 1. The van der Waals surface area contributed by atoms with E-state index < -0.39 is 17.5 Å². The van der Waals surface area contributed by atoms with Crippen LogP contribution in [0.5, 0.6) is 0 Å². The molecule has 0 unspecified atom stereocenters. The number of hydrogen-bond acceptors (Lipinski definition) is 0. The Balaban J connectivity index is 3.13. The van der Waals surface area contributed by atoms with E-state index in [1.54, 1.807) is 0 Å². The van der Waals surface area contributed by atoms with Crippen LogP contribution in [0.2, 0.25) is 0 Å². The Morgan fingerprint density at radius 3 is 2.15 bits per heavy atom. The van der Waals surface area contributed by atoms with Crippen LogP contribution >= 0.6 is 11.6 Å². The predicted octanol–water partition coefficient (Wildman–Crippen LogP) is 2.69. The van der Waals surface area contributed by atoms with Crippen LogP contribution in [-0.2, 0) is 0 Å². The molecule has 0 atom stereocenters. The van der Waals surface area contributed by atoms with Gasteiger partial charge in [0.2, 0.25) is 0 Å². The molecule has 0 amide bonds. The number of alkyl halides is 1. The van der Waals surface area contributed by atoms with Gasteiger partial charge < -0.3 is 0 Å². The Kier molecular flexibility index (Phi) is 3.21. The molecule has 13 heavy (non-hydrogen) atoms. The average molecular weight is 205 g/mol. The summed E-state index contributed by atoms with van der Waals surface area (Å²) in [7, 11) is 0. The third kappa shape index (κ3) is 2.40. The molecule has 0 aromatic heterocycles. The largest absolute Gasteiger partial charge is 0.204 e. The molecule has 0 aliphatic heterocycles. The summed E-state index contributed by atoms with van der Waals surface area (Å²) >= 11 is 5.23. The van der Waals surface area contributed by atoms with E-state index in [1.807, 2.05) is 0 Å². The summed E-state index contributed by atoms with van der Waals surface area (Å²) in [4.78, 5) is 0. The molecule has 68 valence electrons. The standard InChI is InChI=1S/C9H4ClF3/c10-3-1-2-6-4-7(11)9(13)8(12)5-6/h4-5H,3H2. The van der Waals surface area contributed by atoms with Crippen molar-refractivity contribution in [3.63, 3.8) is 0 Å². The van der Waals surface area contributed by atoms with E-state index in [2.05, 4.69) is 11.8 Å². The van der Waals surface area contributed by atoms with E-state index in [-0.39, 0.29) is 11.4 Å². The summed E-state index contributed by atoms with van der Waals surface area (Å²) in [5.74, 6) is 0.837. The van der Waals surface area contributed by atoms with Crippen molar-refractivity contribution >= 4 is 11.6 Å². The zero-order valence-electron chi connectivity index (χ0n) is 6.37. The normalized spacial score (nSPS) is 9.23. The molecule has 0 nitrogen and oxygen atoms in total. The quantitative estimate of drug-likeness (QED) is 0.346. The molecule has 4 heteroatoms. The van der Waals surface area contributed by atoms with Gasteiger partial charge in [0, 0.05) is 5.56 Å². The summed E-state index contributed by atoms with van der Waals surface area (Å²) in [6.45, 7) is 0. The molecule has 0 spiro atoms. The highest BCUT2D eigenvalue weighted by molar-refractivity contribution is 6.19. The van der Waals surface area contributed by atoms with Crippen molar-refractivity contribution in [2.45, 2.75) is 0 Å². The molecule has 0 saturated heterocycles. The molecule has 0 saturated carbocycles. The average Bonchev–Trinajstić information content (AvgIpc) is 2.10. The van der Waals surface area contributed by atoms with Crippen LogP contribution in [0.4, 0.5) is 13.2 Å². The van der Waals surface area contributed by atoms with Gasteiger partial charge in [-0.15, -0.1) is 11.6 Å². The monoisotopic (exact) mass is 204 g/mol. The molecule has 0 radical (unpaired) electrons. The second kappa shape index (κ2) is 4.20. The van der Waals surface area contributed by atoms with Crippen molar-refractivity contribution in [1.82, 2.24) is 0 Å². The van der Waals surface area contributed by atoms with Gasteiger partial charge in [-0.05, 0) is 12.1 Å². The summed E-state index contributed by atoms with van der Waals surface area (Å²) in [5.41, 5.74) is 0.0667. The summed E-state index contributed by atoms with van der Waals surface area (Å²) < 4.78 is 37.5. The van der Waals surface area contributed by atoms with Crippen LogP contribution in [-0.4, -0.2) is 5.88 Å². The first-order valence-corrected chi connectivity index (χ1v) is 3.88. The molecule has 0 heterocycles. The second-order valence-electron chi connectivity index (χ2n) is 2.19. The van der Waals surface area contributed by atoms with Gasteiger partial charge in [0.1, 0.15) is 0 Å². The van der Waals surface area contributed by atoms with Gasteiger partial charge in [-0.3, -0.25) is 0 Å². The SMILES string of the molecule is Fc1cc(C#CCCl)cc(F)c1F. The maximum atomic E-state index is 12.6. The molecule has 0 aliphatic carbocycles. The van der Waals surface area contributed by atoms with Crippen LogP contribution in [0.1, 0.15) is 5.56 Å². The first-order valence-electron chi connectivity index (χ1n) is 3.34. The van der Waals surface area contributed by atoms with Crippen molar-refractivity contribution in [2.24, 2.45) is 0 Å². The highest BCUT2D eigenvalue weighted by atomic mass is 35.5. The maximum Gasteiger partial charge on any atom is 0.194 e. The minimum atomic E-state index is -1.49. The fraction of sp³-hybridized carbons (Fsp3) is 0.111. The molecular weight excluding hydrogens is 201 g/mol. The molecular formula is C9H4ClF3. The van der Waals surface area contributed by atoms with Gasteiger partial charge in [-0.2, -0.15) is 0 Å². The van der Waals surface area contributed by atoms with Gasteiger partial charge in [-0.25, -0.2) is 13.2 Å². The minimum absolute atomic E-state index is 0.0562. The van der Waals surface area contributed by atoms with Crippen molar-refractivity contribution < 1.29 is 13.2 Å². The summed E-state index contributed by atoms with van der Waals surface area (Å²) in [6, 6.07) is 1.63.